The van der Waals surface area contributed by atoms with E-state index in [1.165, 1.54) is 11.0 Å². The maximum Gasteiger partial charge on any atom is 0.262 e. The first kappa shape index (κ1) is 16.2. The summed E-state index contributed by atoms with van der Waals surface area (Å²) in [5.74, 6) is 0.197. The van der Waals surface area contributed by atoms with Crippen molar-refractivity contribution in [1.29, 1.82) is 0 Å². The number of hydrogen-bond acceptors (Lipinski definition) is 5. The Labute approximate surface area is 147 Å². The normalized spacial score (nSPS) is 10.4. The first-order valence-electron chi connectivity index (χ1n) is 6.83. The molecule has 0 fully saturated rings. The van der Waals surface area contributed by atoms with Crippen LogP contribution < -0.4 is 10.1 Å². The van der Waals surface area contributed by atoms with Gasteiger partial charge in [0.1, 0.15) is 12.1 Å². The Bertz CT molecular complexity index is 838. The minimum atomic E-state index is -0.344. The summed E-state index contributed by atoms with van der Waals surface area (Å²) in [4.78, 5) is 11.9. The third-order valence-corrected chi connectivity index (χ3v) is 3.59. The Balaban J connectivity index is 1.57. The lowest BCUT2D eigenvalue weighted by molar-refractivity contribution is -0.118. The fourth-order valence-electron chi connectivity index (χ4n) is 1.90. The Morgan fingerprint density at radius 2 is 1.96 bits per heavy atom. The van der Waals surface area contributed by atoms with Crippen molar-refractivity contribution in [1.82, 2.24) is 20.2 Å². The molecule has 0 spiro atoms. The van der Waals surface area contributed by atoms with Crippen LogP contribution in [-0.4, -0.2) is 32.7 Å². The zero-order chi connectivity index (χ0) is 16.9. The quantitative estimate of drug-likeness (QED) is 0.753. The predicted molar refractivity (Wildman–Crippen MR) is 89.7 cm³/mol. The van der Waals surface area contributed by atoms with Crippen molar-refractivity contribution in [2.24, 2.45) is 0 Å². The molecule has 0 bridgehead atoms. The number of halogens is 2. The molecule has 7 nitrogen and oxygen atoms in total. The molecule has 1 aromatic heterocycles. The number of carbonyl (C=O) groups excluding carboxylic acids is 1. The molecule has 0 aliphatic carbocycles. The summed E-state index contributed by atoms with van der Waals surface area (Å²) >= 11 is 11.9. The van der Waals surface area contributed by atoms with Crippen LogP contribution in [0.5, 0.6) is 5.75 Å². The Kier molecular flexibility index (Phi) is 4.93. The van der Waals surface area contributed by atoms with Crippen LogP contribution >= 0.6 is 23.2 Å². The van der Waals surface area contributed by atoms with E-state index in [-0.39, 0.29) is 12.5 Å². The Hall–Kier alpha value is -2.64. The van der Waals surface area contributed by atoms with Gasteiger partial charge in [-0.25, -0.2) is 4.68 Å². The van der Waals surface area contributed by atoms with E-state index in [1.54, 1.807) is 42.5 Å². The van der Waals surface area contributed by atoms with Crippen LogP contribution in [0, 0.1) is 0 Å². The minimum absolute atomic E-state index is 0.160. The van der Waals surface area contributed by atoms with Gasteiger partial charge in [-0.2, -0.15) is 0 Å². The van der Waals surface area contributed by atoms with Crippen molar-refractivity contribution in [3.63, 3.8) is 0 Å². The van der Waals surface area contributed by atoms with E-state index in [4.69, 9.17) is 27.9 Å². The molecule has 3 rings (SSSR count). The molecule has 0 aliphatic heterocycles. The number of carbonyl (C=O) groups is 1. The minimum Gasteiger partial charge on any atom is -0.484 e. The van der Waals surface area contributed by atoms with E-state index in [2.05, 4.69) is 20.8 Å². The summed E-state index contributed by atoms with van der Waals surface area (Å²) in [5, 5.41) is 14.4. The molecule has 0 saturated heterocycles. The molecule has 0 atom stereocenters. The van der Waals surface area contributed by atoms with Gasteiger partial charge in [-0.15, -0.1) is 5.10 Å². The van der Waals surface area contributed by atoms with Crippen molar-refractivity contribution < 1.29 is 9.53 Å². The number of rotatable bonds is 5. The summed E-state index contributed by atoms with van der Waals surface area (Å²) in [5.41, 5.74) is 1.22. The van der Waals surface area contributed by atoms with Crippen LogP contribution in [0.2, 0.25) is 10.0 Å². The highest BCUT2D eigenvalue weighted by molar-refractivity contribution is 6.35. The van der Waals surface area contributed by atoms with Crippen molar-refractivity contribution in [2.45, 2.75) is 0 Å². The molecule has 24 heavy (non-hydrogen) atoms. The lowest BCUT2D eigenvalue weighted by Crippen LogP contribution is -2.20. The van der Waals surface area contributed by atoms with Crippen LogP contribution in [0.1, 0.15) is 0 Å². The van der Waals surface area contributed by atoms with Crippen molar-refractivity contribution in [3.8, 4) is 11.4 Å². The fourth-order valence-corrected chi connectivity index (χ4v) is 2.24. The highest BCUT2D eigenvalue weighted by Gasteiger charge is 2.08. The van der Waals surface area contributed by atoms with Crippen LogP contribution in [-0.2, 0) is 4.79 Å². The number of ether oxygens (including phenoxy) is 1. The van der Waals surface area contributed by atoms with Crippen molar-refractivity contribution in [3.05, 3.63) is 58.8 Å². The zero-order valence-electron chi connectivity index (χ0n) is 12.2. The molecule has 3 aromatic rings. The fraction of sp³-hybridized carbons (Fsp3) is 0.0667. The molecule has 122 valence electrons. The summed E-state index contributed by atoms with van der Waals surface area (Å²) in [6, 6.07) is 11.8. The van der Waals surface area contributed by atoms with Gasteiger partial charge in [0.25, 0.3) is 5.91 Å². The van der Waals surface area contributed by atoms with E-state index >= 15 is 0 Å². The first-order chi connectivity index (χ1) is 11.6. The monoisotopic (exact) mass is 363 g/mol. The number of benzene rings is 2. The van der Waals surface area contributed by atoms with Crippen molar-refractivity contribution >= 4 is 34.8 Å². The second-order valence-corrected chi connectivity index (χ2v) is 5.55. The molecule has 0 saturated carbocycles. The largest absolute Gasteiger partial charge is 0.484 e. The number of tetrazole rings is 1. The molecule has 0 unspecified atom stereocenters. The third-order valence-electron chi connectivity index (χ3n) is 3.02. The number of nitrogens with one attached hydrogen (secondary N) is 1. The average Bonchev–Trinajstić information content (AvgIpc) is 3.11. The second kappa shape index (κ2) is 7.29. The van der Waals surface area contributed by atoms with E-state index < -0.39 is 0 Å². The molecule has 9 heteroatoms. The van der Waals surface area contributed by atoms with E-state index in [0.29, 0.717) is 21.5 Å². The number of anilines is 1. The van der Waals surface area contributed by atoms with E-state index in [1.807, 2.05) is 0 Å². The van der Waals surface area contributed by atoms with Crippen LogP contribution in [0.4, 0.5) is 5.69 Å². The van der Waals surface area contributed by atoms with Gasteiger partial charge in [-0.05, 0) is 52.9 Å². The lowest BCUT2D eigenvalue weighted by atomic mass is 10.3. The first-order valence-corrected chi connectivity index (χ1v) is 7.58. The van der Waals surface area contributed by atoms with Crippen LogP contribution in [0.25, 0.3) is 5.69 Å². The third kappa shape index (κ3) is 4.01. The number of hydrogen-bond donors (Lipinski definition) is 1. The smallest absolute Gasteiger partial charge is 0.262 e. The molecule has 0 radical (unpaired) electrons. The summed E-state index contributed by atoms with van der Waals surface area (Å²) < 4.78 is 6.94. The molecule has 1 amide bonds. The van der Waals surface area contributed by atoms with E-state index in [0.717, 1.165) is 5.69 Å². The summed E-state index contributed by atoms with van der Waals surface area (Å²) in [6.45, 7) is -0.160. The van der Waals surface area contributed by atoms with Gasteiger partial charge in [0, 0.05) is 5.02 Å². The van der Waals surface area contributed by atoms with Gasteiger partial charge in [-0.1, -0.05) is 23.2 Å². The maximum absolute atomic E-state index is 11.9. The van der Waals surface area contributed by atoms with Gasteiger partial charge in [0.2, 0.25) is 0 Å². The highest BCUT2D eigenvalue weighted by Crippen LogP contribution is 2.25. The molecule has 1 N–H and O–H groups in total. The van der Waals surface area contributed by atoms with Gasteiger partial charge < -0.3 is 10.1 Å². The number of amides is 1. The molecular formula is C15H11Cl2N5O2. The standard InChI is InChI=1S/C15H11Cl2N5O2/c16-10-1-6-13(17)14(7-10)19-15(23)8-24-12-4-2-11(3-5-12)22-9-18-20-21-22/h1-7,9H,8H2,(H,19,23). The van der Waals surface area contributed by atoms with Crippen LogP contribution in [0.3, 0.4) is 0 Å². The van der Waals surface area contributed by atoms with Crippen molar-refractivity contribution in [2.75, 3.05) is 11.9 Å². The van der Waals surface area contributed by atoms with Gasteiger partial charge in [0.15, 0.2) is 6.61 Å². The Morgan fingerprint density at radius 1 is 1.17 bits per heavy atom. The highest BCUT2D eigenvalue weighted by atomic mass is 35.5. The van der Waals surface area contributed by atoms with Gasteiger partial charge in [-0.3, -0.25) is 4.79 Å². The maximum atomic E-state index is 11.9. The topological polar surface area (TPSA) is 81.9 Å². The summed E-state index contributed by atoms with van der Waals surface area (Å²) in [6.07, 6.45) is 1.48. The molecule has 0 aliphatic rings. The molecule has 1 heterocycles. The van der Waals surface area contributed by atoms with E-state index in [9.17, 15) is 4.79 Å². The second-order valence-electron chi connectivity index (χ2n) is 4.71. The van der Waals surface area contributed by atoms with Crippen LogP contribution in [0.15, 0.2) is 48.8 Å². The lowest BCUT2D eigenvalue weighted by Gasteiger charge is -2.09. The molecule has 2 aromatic carbocycles. The average molecular weight is 364 g/mol. The number of aromatic nitrogens is 4. The predicted octanol–water partition coefficient (Wildman–Crippen LogP) is 2.99. The Morgan fingerprint density at radius 3 is 2.67 bits per heavy atom. The van der Waals surface area contributed by atoms with Gasteiger partial charge >= 0.3 is 0 Å². The van der Waals surface area contributed by atoms with Gasteiger partial charge in [0.05, 0.1) is 16.4 Å². The summed E-state index contributed by atoms with van der Waals surface area (Å²) in [7, 11) is 0. The zero-order valence-corrected chi connectivity index (χ0v) is 13.7. The molecular weight excluding hydrogens is 353 g/mol. The SMILES string of the molecule is O=C(COc1ccc(-n2cnnn2)cc1)Nc1cc(Cl)ccc1Cl. The number of nitrogens with zero attached hydrogens (tertiary/aromatic N) is 4.